The van der Waals surface area contributed by atoms with E-state index in [1.807, 2.05) is 13.0 Å². The Morgan fingerprint density at radius 2 is 2.35 bits per heavy atom. The first kappa shape index (κ1) is 12.0. The van der Waals surface area contributed by atoms with Gasteiger partial charge in [0.25, 0.3) is 0 Å². The second kappa shape index (κ2) is 4.84. The molecule has 17 heavy (non-hydrogen) atoms. The van der Waals surface area contributed by atoms with Gasteiger partial charge in [0.05, 0.1) is 5.92 Å². The topological polar surface area (TPSA) is 40.5 Å². The molecular formula is C13H16FNO2. The molecule has 4 heteroatoms. The second-order valence-electron chi connectivity index (χ2n) is 4.55. The van der Waals surface area contributed by atoms with Gasteiger partial charge >= 0.3 is 5.97 Å². The predicted octanol–water partition coefficient (Wildman–Crippen LogP) is 2.29. The number of carboxylic acid groups (broad SMARTS) is 1. The zero-order chi connectivity index (χ0) is 12.4. The number of aliphatic carboxylic acids is 1. The molecule has 2 rings (SSSR count). The maximum absolute atomic E-state index is 13.1. The number of nitrogens with zero attached hydrogens (tertiary/aromatic N) is 1. The van der Waals surface area contributed by atoms with Crippen molar-refractivity contribution in [1.82, 2.24) is 4.90 Å². The summed E-state index contributed by atoms with van der Waals surface area (Å²) in [5.41, 5.74) is 0.899. The van der Waals surface area contributed by atoms with Crippen molar-refractivity contribution in [2.24, 2.45) is 5.92 Å². The summed E-state index contributed by atoms with van der Waals surface area (Å²) < 4.78 is 13.1. The van der Waals surface area contributed by atoms with Crippen molar-refractivity contribution >= 4 is 5.97 Å². The lowest BCUT2D eigenvalue weighted by Crippen LogP contribution is -2.26. The van der Waals surface area contributed by atoms with Crippen molar-refractivity contribution in [3.05, 3.63) is 35.6 Å². The summed E-state index contributed by atoms with van der Waals surface area (Å²) >= 11 is 0. The number of carbonyl (C=O) groups is 1. The lowest BCUT2D eigenvalue weighted by Gasteiger charge is -2.24. The molecule has 2 unspecified atom stereocenters. The van der Waals surface area contributed by atoms with Crippen molar-refractivity contribution in [2.75, 3.05) is 13.1 Å². The minimum atomic E-state index is -0.737. The van der Waals surface area contributed by atoms with Crippen LogP contribution in [0.25, 0.3) is 0 Å². The van der Waals surface area contributed by atoms with Gasteiger partial charge < -0.3 is 5.11 Å². The zero-order valence-electron chi connectivity index (χ0n) is 9.77. The molecule has 2 atom stereocenters. The Balaban J connectivity index is 2.06. The minimum absolute atomic E-state index is 0.0649. The van der Waals surface area contributed by atoms with E-state index in [9.17, 15) is 9.18 Å². The fourth-order valence-corrected chi connectivity index (χ4v) is 2.32. The average molecular weight is 237 g/mol. The normalized spacial score (nSPS) is 22.6. The van der Waals surface area contributed by atoms with Gasteiger partial charge in [0.1, 0.15) is 5.82 Å². The number of benzene rings is 1. The molecule has 0 radical (unpaired) electrons. The van der Waals surface area contributed by atoms with Crippen molar-refractivity contribution in [3.8, 4) is 0 Å². The van der Waals surface area contributed by atoms with Crippen LogP contribution in [0, 0.1) is 11.7 Å². The van der Waals surface area contributed by atoms with Gasteiger partial charge in [-0.15, -0.1) is 0 Å². The third-order valence-corrected chi connectivity index (χ3v) is 3.45. The maximum atomic E-state index is 13.1. The number of halogens is 1. The molecule has 0 saturated carbocycles. The van der Waals surface area contributed by atoms with Crippen LogP contribution in [0.2, 0.25) is 0 Å². The first-order valence-electron chi connectivity index (χ1n) is 5.80. The van der Waals surface area contributed by atoms with Crippen LogP contribution in [0.1, 0.15) is 24.9 Å². The molecule has 1 aliphatic rings. The first-order chi connectivity index (χ1) is 8.08. The third kappa shape index (κ3) is 2.64. The van der Waals surface area contributed by atoms with Crippen LogP contribution in [0.5, 0.6) is 0 Å². The fraction of sp³-hybridized carbons (Fsp3) is 0.462. The van der Waals surface area contributed by atoms with Gasteiger partial charge in [0, 0.05) is 12.6 Å². The van der Waals surface area contributed by atoms with Gasteiger partial charge in [-0.25, -0.2) is 4.39 Å². The van der Waals surface area contributed by atoms with Crippen LogP contribution in [-0.2, 0) is 4.79 Å². The van der Waals surface area contributed by atoms with E-state index in [1.165, 1.54) is 12.1 Å². The van der Waals surface area contributed by atoms with E-state index in [0.29, 0.717) is 13.0 Å². The molecule has 0 bridgehead atoms. The van der Waals surface area contributed by atoms with Crippen LogP contribution in [0.4, 0.5) is 4.39 Å². The SMILES string of the molecule is CC(c1cccc(F)c1)N1CCC(C(=O)O)C1. The van der Waals surface area contributed by atoms with Crippen LogP contribution in [0.3, 0.4) is 0 Å². The average Bonchev–Trinajstić information content (AvgIpc) is 2.77. The van der Waals surface area contributed by atoms with Crippen molar-refractivity contribution in [1.29, 1.82) is 0 Å². The van der Waals surface area contributed by atoms with Gasteiger partial charge in [-0.3, -0.25) is 9.69 Å². The largest absolute Gasteiger partial charge is 0.481 e. The number of rotatable bonds is 3. The summed E-state index contributed by atoms with van der Waals surface area (Å²) in [5.74, 6) is -1.27. The highest BCUT2D eigenvalue weighted by Crippen LogP contribution is 2.27. The monoisotopic (exact) mass is 237 g/mol. The molecular weight excluding hydrogens is 221 g/mol. The van der Waals surface area contributed by atoms with Crippen LogP contribution < -0.4 is 0 Å². The molecule has 1 fully saturated rings. The lowest BCUT2D eigenvalue weighted by molar-refractivity contribution is -0.141. The van der Waals surface area contributed by atoms with Crippen LogP contribution in [0.15, 0.2) is 24.3 Å². The van der Waals surface area contributed by atoms with E-state index in [1.54, 1.807) is 6.07 Å². The first-order valence-corrected chi connectivity index (χ1v) is 5.80. The zero-order valence-corrected chi connectivity index (χ0v) is 9.77. The lowest BCUT2D eigenvalue weighted by atomic mass is 10.1. The predicted molar refractivity (Wildman–Crippen MR) is 62.1 cm³/mol. The molecule has 92 valence electrons. The number of hydrogen-bond donors (Lipinski definition) is 1. The Hall–Kier alpha value is -1.42. The van der Waals surface area contributed by atoms with Gasteiger partial charge in [-0.05, 0) is 37.6 Å². The summed E-state index contributed by atoms with van der Waals surface area (Å²) in [4.78, 5) is 13.0. The van der Waals surface area contributed by atoms with E-state index in [4.69, 9.17) is 5.11 Å². The molecule has 1 heterocycles. The van der Waals surface area contributed by atoms with Gasteiger partial charge in [-0.1, -0.05) is 12.1 Å². The van der Waals surface area contributed by atoms with E-state index < -0.39 is 5.97 Å². The molecule has 0 aromatic heterocycles. The standard InChI is InChI=1S/C13H16FNO2/c1-9(10-3-2-4-12(14)7-10)15-6-5-11(8-15)13(16)17/h2-4,7,9,11H,5-6,8H2,1H3,(H,16,17). The fourth-order valence-electron chi connectivity index (χ4n) is 2.32. The number of likely N-dealkylation sites (tertiary alicyclic amines) is 1. The quantitative estimate of drug-likeness (QED) is 0.876. The van der Waals surface area contributed by atoms with E-state index >= 15 is 0 Å². The number of hydrogen-bond acceptors (Lipinski definition) is 2. The summed E-state index contributed by atoms with van der Waals surface area (Å²) in [5, 5.41) is 8.94. The van der Waals surface area contributed by atoms with Crippen molar-refractivity contribution in [2.45, 2.75) is 19.4 Å². The molecule has 1 saturated heterocycles. The summed E-state index contributed by atoms with van der Waals surface area (Å²) in [6, 6.07) is 6.56. The van der Waals surface area contributed by atoms with Gasteiger partial charge in [0.2, 0.25) is 0 Å². The molecule has 1 aliphatic heterocycles. The van der Waals surface area contributed by atoms with Crippen molar-refractivity contribution in [3.63, 3.8) is 0 Å². The summed E-state index contributed by atoms with van der Waals surface area (Å²) in [7, 11) is 0. The molecule has 3 nitrogen and oxygen atoms in total. The maximum Gasteiger partial charge on any atom is 0.307 e. The van der Waals surface area contributed by atoms with E-state index in [-0.39, 0.29) is 17.8 Å². The van der Waals surface area contributed by atoms with Crippen molar-refractivity contribution < 1.29 is 14.3 Å². The van der Waals surface area contributed by atoms with Gasteiger partial charge in [-0.2, -0.15) is 0 Å². The Labute approximate surface area is 99.9 Å². The molecule has 0 aliphatic carbocycles. The Morgan fingerprint density at radius 3 is 2.94 bits per heavy atom. The highest BCUT2D eigenvalue weighted by molar-refractivity contribution is 5.70. The summed E-state index contributed by atoms with van der Waals surface area (Å²) in [6.07, 6.45) is 0.676. The Morgan fingerprint density at radius 1 is 1.59 bits per heavy atom. The second-order valence-corrected chi connectivity index (χ2v) is 4.55. The summed E-state index contributed by atoms with van der Waals surface area (Å²) in [6.45, 7) is 3.29. The third-order valence-electron chi connectivity index (χ3n) is 3.45. The molecule has 1 aromatic carbocycles. The smallest absolute Gasteiger partial charge is 0.307 e. The van der Waals surface area contributed by atoms with Gasteiger partial charge in [0.15, 0.2) is 0 Å². The number of carboxylic acids is 1. The highest BCUT2D eigenvalue weighted by atomic mass is 19.1. The Bertz CT molecular complexity index is 422. The molecule has 0 amide bonds. The van der Waals surface area contributed by atoms with Crippen LogP contribution >= 0.6 is 0 Å². The minimum Gasteiger partial charge on any atom is -0.481 e. The van der Waals surface area contributed by atoms with E-state index in [2.05, 4.69) is 4.90 Å². The highest BCUT2D eigenvalue weighted by Gasteiger charge is 2.30. The Kier molecular flexibility index (Phi) is 3.43. The molecule has 1 aromatic rings. The van der Waals surface area contributed by atoms with Crippen LogP contribution in [-0.4, -0.2) is 29.1 Å². The molecule has 0 spiro atoms. The molecule has 1 N–H and O–H groups in total. The van der Waals surface area contributed by atoms with E-state index in [0.717, 1.165) is 12.1 Å².